The van der Waals surface area contributed by atoms with Crippen molar-refractivity contribution in [2.24, 2.45) is 0 Å². The maximum absolute atomic E-state index is 12.6. The zero-order valence-electron chi connectivity index (χ0n) is 15.6. The molecule has 4 rings (SSSR count). The van der Waals surface area contributed by atoms with Crippen molar-refractivity contribution in [3.63, 3.8) is 0 Å². The third-order valence-corrected chi connectivity index (χ3v) is 4.30. The number of ether oxygens (including phenoxy) is 2. The fourth-order valence-electron chi connectivity index (χ4n) is 2.79. The molecule has 1 N–H and O–H groups in total. The van der Waals surface area contributed by atoms with Gasteiger partial charge in [-0.2, -0.15) is 5.10 Å². The Morgan fingerprint density at radius 3 is 2.52 bits per heavy atom. The summed E-state index contributed by atoms with van der Waals surface area (Å²) in [5.41, 5.74) is 0.324. The number of aromatic nitrogens is 4. The van der Waals surface area contributed by atoms with Crippen molar-refractivity contribution in [1.29, 1.82) is 0 Å². The summed E-state index contributed by atoms with van der Waals surface area (Å²) in [5, 5.41) is 14.8. The first kappa shape index (κ1) is 18.4. The standard InChI is InChI=1S/C20H16N4O5/c1-11(18-23-24-19(29-18)12-7-9-13(27-2)10-8-12)28-20(26)16-14-5-3-4-6-15(14)17(25)22-21-16/h3-11H,1-2H3,(H,22,25)/t11-/m0/s1. The van der Waals surface area contributed by atoms with Crippen LogP contribution in [0.15, 0.2) is 57.7 Å². The molecule has 146 valence electrons. The Bertz CT molecular complexity index is 1230. The fraction of sp³-hybridized carbons (Fsp3) is 0.150. The highest BCUT2D eigenvalue weighted by molar-refractivity contribution is 6.02. The smallest absolute Gasteiger partial charge is 0.360 e. The van der Waals surface area contributed by atoms with Gasteiger partial charge in [-0.3, -0.25) is 4.79 Å². The number of hydrogen-bond acceptors (Lipinski definition) is 8. The van der Waals surface area contributed by atoms with E-state index in [0.29, 0.717) is 22.1 Å². The number of esters is 1. The van der Waals surface area contributed by atoms with Crippen molar-refractivity contribution < 1.29 is 18.7 Å². The first-order chi connectivity index (χ1) is 14.1. The lowest BCUT2D eigenvalue weighted by molar-refractivity contribution is 0.0274. The van der Waals surface area contributed by atoms with E-state index in [1.165, 1.54) is 0 Å². The van der Waals surface area contributed by atoms with E-state index in [1.807, 2.05) is 0 Å². The summed E-state index contributed by atoms with van der Waals surface area (Å²) in [5.74, 6) is 0.418. The summed E-state index contributed by atoms with van der Waals surface area (Å²) >= 11 is 0. The van der Waals surface area contributed by atoms with Crippen molar-refractivity contribution in [3.05, 3.63) is 70.5 Å². The average Bonchev–Trinajstić information content (AvgIpc) is 3.24. The van der Waals surface area contributed by atoms with Crippen LogP contribution in [0.4, 0.5) is 0 Å². The predicted molar refractivity (Wildman–Crippen MR) is 102 cm³/mol. The van der Waals surface area contributed by atoms with Crippen molar-refractivity contribution >= 4 is 16.7 Å². The van der Waals surface area contributed by atoms with Gasteiger partial charge < -0.3 is 13.9 Å². The predicted octanol–water partition coefficient (Wildman–Crippen LogP) is 2.90. The van der Waals surface area contributed by atoms with Crippen LogP contribution in [-0.4, -0.2) is 33.5 Å². The largest absolute Gasteiger partial charge is 0.497 e. The number of carbonyl (C=O) groups is 1. The van der Waals surface area contributed by atoms with E-state index in [9.17, 15) is 9.59 Å². The van der Waals surface area contributed by atoms with Gasteiger partial charge in [-0.05, 0) is 37.3 Å². The summed E-state index contributed by atoms with van der Waals surface area (Å²) in [6.07, 6.45) is -0.811. The Kier molecular flexibility index (Phi) is 4.78. The van der Waals surface area contributed by atoms with Crippen LogP contribution < -0.4 is 10.3 Å². The van der Waals surface area contributed by atoms with Gasteiger partial charge >= 0.3 is 5.97 Å². The van der Waals surface area contributed by atoms with Crippen LogP contribution >= 0.6 is 0 Å². The number of methoxy groups -OCH3 is 1. The van der Waals surface area contributed by atoms with Crippen molar-refractivity contribution in [3.8, 4) is 17.2 Å². The Morgan fingerprint density at radius 1 is 1.07 bits per heavy atom. The van der Waals surface area contributed by atoms with Gasteiger partial charge in [-0.1, -0.05) is 18.2 Å². The molecule has 0 bridgehead atoms. The van der Waals surface area contributed by atoms with Gasteiger partial charge in [0, 0.05) is 10.9 Å². The second kappa shape index (κ2) is 7.55. The number of aromatic amines is 1. The summed E-state index contributed by atoms with van der Waals surface area (Å²) in [4.78, 5) is 24.5. The second-order valence-electron chi connectivity index (χ2n) is 6.17. The monoisotopic (exact) mass is 392 g/mol. The summed E-state index contributed by atoms with van der Waals surface area (Å²) in [6, 6.07) is 13.8. The highest BCUT2D eigenvalue weighted by Crippen LogP contribution is 2.25. The molecule has 1 atom stereocenters. The Labute approximate surface area is 164 Å². The van der Waals surface area contributed by atoms with Crippen molar-refractivity contribution in [2.45, 2.75) is 13.0 Å². The highest BCUT2D eigenvalue weighted by Gasteiger charge is 2.22. The van der Waals surface area contributed by atoms with Crippen LogP contribution in [0.3, 0.4) is 0 Å². The molecule has 0 spiro atoms. The minimum absolute atomic E-state index is 0.00180. The third-order valence-electron chi connectivity index (χ3n) is 4.30. The van der Waals surface area contributed by atoms with Crippen LogP contribution in [0.25, 0.3) is 22.2 Å². The third kappa shape index (κ3) is 3.57. The molecule has 0 aliphatic rings. The van der Waals surface area contributed by atoms with Crippen LogP contribution in [-0.2, 0) is 4.74 Å². The molecule has 0 aliphatic heterocycles. The van der Waals surface area contributed by atoms with Crippen molar-refractivity contribution in [2.75, 3.05) is 7.11 Å². The van der Waals surface area contributed by atoms with Crippen LogP contribution in [0, 0.1) is 0 Å². The van der Waals surface area contributed by atoms with E-state index in [4.69, 9.17) is 13.9 Å². The Morgan fingerprint density at radius 2 is 1.79 bits per heavy atom. The number of benzene rings is 2. The SMILES string of the molecule is COc1ccc(-c2nnc([C@H](C)OC(=O)c3n[nH]c(=O)c4ccccc34)o2)cc1. The van der Waals surface area contributed by atoms with Crippen LogP contribution in [0.1, 0.15) is 29.4 Å². The second-order valence-corrected chi connectivity index (χ2v) is 6.17. The van der Waals surface area contributed by atoms with Gasteiger partial charge in [0.1, 0.15) is 5.75 Å². The molecule has 4 aromatic rings. The number of fused-ring (bicyclic) bond motifs is 1. The molecule has 0 saturated heterocycles. The molecular weight excluding hydrogens is 376 g/mol. The van der Waals surface area contributed by atoms with Gasteiger partial charge in [0.05, 0.1) is 12.5 Å². The Balaban J connectivity index is 1.55. The molecule has 0 radical (unpaired) electrons. The lowest BCUT2D eigenvalue weighted by Gasteiger charge is -2.10. The molecule has 0 amide bonds. The van der Waals surface area contributed by atoms with Gasteiger partial charge in [0.25, 0.3) is 11.4 Å². The fourth-order valence-corrected chi connectivity index (χ4v) is 2.79. The van der Waals surface area contributed by atoms with Crippen LogP contribution in [0.2, 0.25) is 0 Å². The first-order valence-electron chi connectivity index (χ1n) is 8.73. The molecule has 0 saturated carbocycles. The number of nitrogens with zero attached hydrogens (tertiary/aromatic N) is 3. The molecule has 9 heteroatoms. The van der Waals surface area contributed by atoms with Crippen molar-refractivity contribution in [1.82, 2.24) is 20.4 Å². The molecule has 2 aromatic heterocycles. The van der Waals surface area contributed by atoms with Gasteiger partial charge in [0.15, 0.2) is 11.8 Å². The van der Waals surface area contributed by atoms with E-state index >= 15 is 0 Å². The minimum atomic E-state index is -0.811. The van der Waals surface area contributed by atoms with E-state index in [-0.39, 0.29) is 23.0 Å². The lowest BCUT2D eigenvalue weighted by Crippen LogP contribution is -2.17. The van der Waals surface area contributed by atoms with Gasteiger partial charge in [0.2, 0.25) is 5.89 Å². The number of carbonyl (C=O) groups excluding carboxylic acids is 1. The molecule has 0 unspecified atom stereocenters. The zero-order chi connectivity index (χ0) is 20.4. The summed E-state index contributed by atoms with van der Waals surface area (Å²) in [6.45, 7) is 1.61. The molecule has 29 heavy (non-hydrogen) atoms. The zero-order valence-corrected chi connectivity index (χ0v) is 15.6. The van der Waals surface area contributed by atoms with E-state index in [1.54, 1.807) is 62.6 Å². The molecule has 9 nitrogen and oxygen atoms in total. The topological polar surface area (TPSA) is 120 Å². The number of rotatable bonds is 5. The lowest BCUT2D eigenvalue weighted by atomic mass is 10.1. The van der Waals surface area contributed by atoms with E-state index < -0.39 is 12.1 Å². The average molecular weight is 392 g/mol. The number of hydrogen-bond donors (Lipinski definition) is 1. The molecule has 0 fully saturated rings. The normalized spacial score (nSPS) is 11.9. The molecule has 0 aliphatic carbocycles. The van der Waals surface area contributed by atoms with E-state index in [2.05, 4.69) is 20.4 Å². The maximum atomic E-state index is 12.6. The minimum Gasteiger partial charge on any atom is -0.497 e. The first-order valence-corrected chi connectivity index (χ1v) is 8.73. The summed E-state index contributed by atoms with van der Waals surface area (Å²) in [7, 11) is 1.58. The van der Waals surface area contributed by atoms with Gasteiger partial charge in [-0.15, -0.1) is 10.2 Å². The quantitative estimate of drug-likeness (QED) is 0.515. The van der Waals surface area contributed by atoms with E-state index in [0.717, 1.165) is 0 Å². The van der Waals surface area contributed by atoms with Crippen LogP contribution in [0.5, 0.6) is 5.75 Å². The van der Waals surface area contributed by atoms with Gasteiger partial charge in [-0.25, -0.2) is 9.89 Å². The maximum Gasteiger partial charge on any atom is 0.360 e. The molecular formula is C20H16N4O5. The Hall–Kier alpha value is -4.01. The summed E-state index contributed by atoms with van der Waals surface area (Å²) < 4.78 is 16.2. The number of H-pyrrole nitrogens is 1. The molecule has 2 heterocycles. The molecule has 2 aromatic carbocycles. The number of nitrogens with one attached hydrogen (secondary N) is 1. The highest BCUT2D eigenvalue weighted by atomic mass is 16.6.